The molecule has 5 nitrogen and oxygen atoms in total. The van der Waals surface area contributed by atoms with Crippen LogP contribution in [-0.2, 0) is 14.4 Å². The molecule has 0 unspecified atom stereocenters. The first kappa shape index (κ1) is 13.8. The molecule has 6 aliphatic rings. The van der Waals surface area contributed by atoms with E-state index >= 15 is 0 Å². The number of amides is 3. The van der Waals surface area contributed by atoms with Gasteiger partial charge in [-0.1, -0.05) is 12.2 Å². The standard InChI is InChI=1S/C18H22N2O3/c21-14(19-6-2-1-3-7-19)9-20-17(22)15-10-4-5-11(13-8-12(10)13)16(15)18(20)23/h4-5,10-13,15-16H,1-3,6-9H2/t10-,11-,12-,13+,15-,16+/m0/s1. The van der Waals surface area contributed by atoms with E-state index in [9.17, 15) is 14.4 Å². The van der Waals surface area contributed by atoms with Crippen LogP contribution >= 0.6 is 0 Å². The quantitative estimate of drug-likeness (QED) is 0.565. The Balaban J connectivity index is 1.36. The van der Waals surface area contributed by atoms with Gasteiger partial charge < -0.3 is 4.90 Å². The topological polar surface area (TPSA) is 57.7 Å². The molecular weight excluding hydrogens is 292 g/mol. The third kappa shape index (κ3) is 1.82. The molecule has 0 aromatic heterocycles. The van der Waals surface area contributed by atoms with E-state index in [1.165, 1.54) is 11.3 Å². The van der Waals surface area contributed by atoms with Gasteiger partial charge in [0, 0.05) is 13.1 Å². The lowest BCUT2D eigenvalue weighted by Crippen LogP contribution is -2.45. The average Bonchev–Trinajstić information content (AvgIpc) is 3.37. The summed E-state index contributed by atoms with van der Waals surface area (Å²) < 4.78 is 0. The van der Waals surface area contributed by atoms with Crippen molar-refractivity contribution in [1.29, 1.82) is 0 Å². The minimum absolute atomic E-state index is 0.0422. The van der Waals surface area contributed by atoms with Gasteiger partial charge in [-0.05, 0) is 49.4 Å². The highest BCUT2D eigenvalue weighted by Crippen LogP contribution is 2.65. The summed E-state index contributed by atoms with van der Waals surface area (Å²) in [5, 5.41) is 0. The molecule has 2 saturated carbocycles. The van der Waals surface area contributed by atoms with Crippen LogP contribution in [0.2, 0.25) is 0 Å². The van der Waals surface area contributed by atoms with Crippen LogP contribution in [0.25, 0.3) is 0 Å². The Morgan fingerprint density at radius 1 is 0.957 bits per heavy atom. The van der Waals surface area contributed by atoms with Gasteiger partial charge in [-0.25, -0.2) is 0 Å². The molecule has 5 heteroatoms. The van der Waals surface area contributed by atoms with Gasteiger partial charge in [0.2, 0.25) is 17.7 Å². The molecule has 6 rings (SSSR count). The molecule has 6 atom stereocenters. The van der Waals surface area contributed by atoms with Crippen LogP contribution in [0.1, 0.15) is 25.7 Å². The highest BCUT2D eigenvalue weighted by molar-refractivity contribution is 6.08. The number of likely N-dealkylation sites (tertiary alicyclic amines) is 2. The van der Waals surface area contributed by atoms with Crippen molar-refractivity contribution in [3.05, 3.63) is 12.2 Å². The molecule has 2 aliphatic heterocycles. The van der Waals surface area contributed by atoms with E-state index in [1.54, 1.807) is 0 Å². The molecular formula is C18H22N2O3. The lowest BCUT2D eigenvalue weighted by molar-refractivity contribution is -0.147. The lowest BCUT2D eigenvalue weighted by Gasteiger charge is -2.37. The van der Waals surface area contributed by atoms with Gasteiger partial charge in [-0.2, -0.15) is 0 Å². The number of hydrogen-bond donors (Lipinski definition) is 0. The molecule has 0 radical (unpaired) electrons. The van der Waals surface area contributed by atoms with Crippen molar-refractivity contribution in [2.45, 2.75) is 25.7 Å². The zero-order valence-electron chi connectivity index (χ0n) is 13.2. The first-order valence-electron chi connectivity index (χ1n) is 8.98. The molecule has 0 aromatic rings. The summed E-state index contributed by atoms with van der Waals surface area (Å²) in [6, 6.07) is 0. The maximum absolute atomic E-state index is 12.8. The molecule has 3 amide bonds. The normalized spacial score (nSPS) is 43.7. The van der Waals surface area contributed by atoms with Gasteiger partial charge in [0.05, 0.1) is 11.8 Å². The van der Waals surface area contributed by atoms with E-state index in [0.29, 0.717) is 11.8 Å². The molecule has 2 heterocycles. The van der Waals surface area contributed by atoms with E-state index in [2.05, 4.69) is 12.2 Å². The Kier molecular flexibility index (Phi) is 2.80. The molecule has 0 spiro atoms. The average molecular weight is 314 g/mol. The van der Waals surface area contributed by atoms with Crippen LogP contribution < -0.4 is 0 Å². The fourth-order valence-corrected chi connectivity index (χ4v) is 5.55. The Hall–Kier alpha value is -1.65. The van der Waals surface area contributed by atoms with E-state index in [4.69, 9.17) is 0 Å². The SMILES string of the molecule is O=C(CN1C(=O)[C@@H]2[C@H]3C=C[C@@H]([C@@H]4C[C@H]34)[C@@H]2C1=O)N1CCCCC1. The minimum atomic E-state index is -0.185. The number of carbonyl (C=O) groups is 3. The Morgan fingerprint density at radius 3 is 2.09 bits per heavy atom. The summed E-state index contributed by atoms with van der Waals surface area (Å²) in [7, 11) is 0. The van der Waals surface area contributed by atoms with Gasteiger partial charge in [-0.15, -0.1) is 0 Å². The summed E-state index contributed by atoms with van der Waals surface area (Å²) in [6.45, 7) is 1.48. The minimum Gasteiger partial charge on any atom is -0.341 e. The van der Waals surface area contributed by atoms with Crippen LogP contribution in [0.5, 0.6) is 0 Å². The van der Waals surface area contributed by atoms with E-state index < -0.39 is 0 Å². The zero-order chi connectivity index (χ0) is 15.7. The Morgan fingerprint density at radius 2 is 1.52 bits per heavy atom. The lowest BCUT2D eigenvalue weighted by atomic mass is 9.63. The molecule has 0 aromatic carbocycles. The number of rotatable bonds is 2. The Labute approximate surface area is 135 Å². The second-order valence-corrected chi connectivity index (χ2v) is 7.86. The second-order valence-electron chi connectivity index (χ2n) is 7.86. The molecule has 122 valence electrons. The van der Waals surface area contributed by atoms with Gasteiger partial charge in [0.1, 0.15) is 6.54 Å². The first-order valence-corrected chi connectivity index (χ1v) is 8.98. The first-order chi connectivity index (χ1) is 11.2. The molecule has 2 bridgehead atoms. The maximum atomic E-state index is 12.8. The van der Waals surface area contributed by atoms with Gasteiger partial charge in [-0.3, -0.25) is 19.3 Å². The van der Waals surface area contributed by atoms with Crippen LogP contribution in [-0.4, -0.2) is 47.2 Å². The van der Waals surface area contributed by atoms with Gasteiger partial charge in [0.15, 0.2) is 0 Å². The Bertz CT molecular complexity index is 586. The van der Waals surface area contributed by atoms with Crippen molar-refractivity contribution in [2.24, 2.45) is 35.5 Å². The highest BCUT2D eigenvalue weighted by atomic mass is 16.2. The number of carbonyl (C=O) groups excluding carboxylic acids is 3. The van der Waals surface area contributed by atoms with E-state index in [-0.39, 0.29) is 47.9 Å². The van der Waals surface area contributed by atoms with Crippen LogP contribution in [0, 0.1) is 35.5 Å². The van der Waals surface area contributed by atoms with Crippen molar-refractivity contribution in [3.8, 4) is 0 Å². The van der Waals surface area contributed by atoms with Crippen LogP contribution in [0.4, 0.5) is 0 Å². The third-order valence-electron chi connectivity index (χ3n) is 6.76. The predicted molar refractivity (Wildman–Crippen MR) is 81.8 cm³/mol. The van der Waals surface area contributed by atoms with E-state index in [1.807, 2.05) is 4.90 Å². The van der Waals surface area contributed by atoms with Crippen LogP contribution in [0.15, 0.2) is 12.2 Å². The monoisotopic (exact) mass is 314 g/mol. The molecule has 4 fully saturated rings. The number of allylic oxidation sites excluding steroid dienone is 2. The fraction of sp³-hybridized carbons (Fsp3) is 0.722. The van der Waals surface area contributed by atoms with Crippen molar-refractivity contribution >= 4 is 17.7 Å². The zero-order valence-corrected chi connectivity index (χ0v) is 13.2. The summed E-state index contributed by atoms with van der Waals surface area (Å²) in [5.41, 5.74) is 0. The summed E-state index contributed by atoms with van der Waals surface area (Å²) >= 11 is 0. The van der Waals surface area contributed by atoms with Crippen LogP contribution in [0.3, 0.4) is 0 Å². The van der Waals surface area contributed by atoms with E-state index in [0.717, 1.165) is 32.4 Å². The number of hydrogen-bond acceptors (Lipinski definition) is 3. The highest BCUT2D eigenvalue weighted by Gasteiger charge is 2.67. The van der Waals surface area contributed by atoms with Gasteiger partial charge in [0.25, 0.3) is 0 Å². The summed E-state index contributed by atoms with van der Waals surface area (Å²) in [5.74, 6) is 1.09. The number of imide groups is 1. The largest absolute Gasteiger partial charge is 0.341 e. The van der Waals surface area contributed by atoms with Crippen molar-refractivity contribution in [2.75, 3.05) is 19.6 Å². The van der Waals surface area contributed by atoms with Gasteiger partial charge >= 0.3 is 0 Å². The number of piperidine rings is 1. The maximum Gasteiger partial charge on any atom is 0.242 e. The molecule has 23 heavy (non-hydrogen) atoms. The van der Waals surface area contributed by atoms with Crippen molar-refractivity contribution in [3.63, 3.8) is 0 Å². The van der Waals surface area contributed by atoms with Crippen molar-refractivity contribution in [1.82, 2.24) is 9.80 Å². The predicted octanol–water partition coefficient (Wildman–Crippen LogP) is 1.05. The molecule has 0 N–H and O–H groups in total. The molecule has 4 aliphatic carbocycles. The summed E-state index contributed by atoms with van der Waals surface area (Å²) in [4.78, 5) is 41.2. The second kappa shape index (κ2) is 4.68. The fourth-order valence-electron chi connectivity index (χ4n) is 5.55. The smallest absolute Gasteiger partial charge is 0.242 e. The molecule has 2 saturated heterocycles. The number of nitrogens with zero attached hydrogens (tertiary/aromatic N) is 2. The van der Waals surface area contributed by atoms with Crippen molar-refractivity contribution < 1.29 is 14.4 Å². The third-order valence-corrected chi connectivity index (χ3v) is 6.76. The summed E-state index contributed by atoms with van der Waals surface area (Å²) in [6.07, 6.45) is 8.71.